The maximum Gasteiger partial charge on any atom is 0.155 e. The van der Waals surface area contributed by atoms with E-state index in [1.54, 1.807) is 12.1 Å². The summed E-state index contributed by atoms with van der Waals surface area (Å²) in [5, 5.41) is 0.819. The molecule has 0 heterocycles. The van der Waals surface area contributed by atoms with Gasteiger partial charge in [0.25, 0.3) is 0 Å². The second-order valence-electron chi connectivity index (χ2n) is 2.01. The lowest BCUT2D eigenvalue weighted by molar-refractivity contribution is 0.621. The highest BCUT2D eigenvalue weighted by atomic mass is 79.9. The summed E-state index contributed by atoms with van der Waals surface area (Å²) >= 11 is 11.9. The number of hydrogen-bond acceptors (Lipinski definition) is 0. The minimum Gasteiger partial charge on any atom is -0.204 e. The molecule has 11 heavy (non-hydrogen) atoms. The normalized spacial score (nSPS) is 10.2. The Morgan fingerprint density at radius 2 is 2.09 bits per heavy atom. The molecule has 4 heteroatoms. The summed E-state index contributed by atoms with van der Waals surface area (Å²) in [6, 6.07) is 3.28. The predicted octanol–water partition coefficient (Wildman–Crippen LogP) is 4.14. The molecule has 0 aromatic heterocycles. The number of alkyl halides is 1. The Kier molecular flexibility index (Phi) is 3.34. The van der Waals surface area contributed by atoms with Crippen molar-refractivity contribution in [3.8, 4) is 0 Å². The molecule has 0 bridgehead atoms. The Hall–Kier alpha value is 0.400. The van der Waals surface area contributed by atoms with Crippen molar-refractivity contribution in [1.82, 2.24) is 0 Å². The van der Waals surface area contributed by atoms with Gasteiger partial charge in [0.05, 0.1) is 9.50 Å². The van der Waals surface area contributed by atoms with Gasteiger partial charge < -0.3 is 0 Å². The van der Waals surface area contributed by atoms with Crippen LogP contribution in [0.25, 0.3) is 0 Å². The van der Waals surface area contributed by atoms with E-state index >= 15 is 0 Å². The Balaban J connectivity index is 3.21. The fraction of sp³-hybridized carbons (Fsp3) is 0.143. The van der Waals surface area contributed by atoms with Crippen molar-refractivity contribution in [2.75, 3.05) is 0 Å². The number of benzene rings is 1. The topological polar surface area (TPSA) is 0 Å². The molecule has 0 unspecified atom stereocenters. The average molecular weight is 302 g/mol. The smallest absolute Gasteiger partial charge is 0.155 e. The third-order valence-corrected chi connectivity index (χ3v) is 2.70. The summed E-state index contributed by atoms with van der Waals surface area (Å²) in [4.78, 5) is 0. The lowest BCUT2D eigenvalue weighted by Gasteiger charge is -2.00. The van der Waals surface area contributed by atoms with Crippen LogP contribution in [0, 0.1) is 5.82 Å². The zero-order chi connectivity index (χ0) is 8.43. The molecule has 0 amide bonds. The van der Waals surface area contributed by atoms with Crippen molar-refractivity contribution >= 4 is 43.5 Å². The molecule has 0 fully saturated rings. The van der Waals surface area contributed by atoms with E-state index in [2.05, 4.69) is 31.9 Å². The Bertz CT molecular complexity index is 252. The molecule has 0 aliphatic carbocycles. The van der Waals surface area contributed by atoms with Crippen molar-refractivity contribution in [1.29, 1.82) is 0 Å². The van der Waals surface area contributed by atoms with Crippen LogP contribution in [0.15, 0.2) is 16.6 Å². The van der Waals surface area contributed by atoms with Crippen LogP contribution in [0.3, 0.4) is 0 Å². The van der Waals surface area contributed by atoms with Crippen molar-refractivity contribution in [3.63, 3.8) is 0 Å². The van der Waals surface area contributed by atoms with E-state index < -0.39 is 5.82 Å². The van der Waals surface area contributed by atoms with Gasteiger partial charge >= 0.3 is 0 Å². The van der Waals surface area contributed by atoms with Crippen molar-refractivity contribution in [2.45, 2.75) is 5.33 Å². The maximum absolute atomic E-state index is 12.9. The number of hydrogen-bond donors (Lipinski definition) is 0. The first-order valence-electron chi connectivity index (χ1n) is 2.84. The lowest BCUT2D eigenvalue weighted by Crippen LogP contribution is -1.83. The fourth-order valence-corrected chi connectivity index (χ4v) is 1.87. The zero-order valence-electron chi connectivity index (χ0n) is 5.37. The summed E-state index contributed by atoms with van der Waals surface area (Å²) in [6.45, 7) is 0. The Morgan fingerprint density at radius 1 is 1.45 bits per heavy atom. The minimum atomic E-state index is -0.406. The summed E-state index contributed by atoms with van der Waals surface area (Å²) in [5.41, 5.74) is 0.947. The molecule has 0 radical (unpaired) electrons. The molecule has 0 N–H and O–H groups in total. The quantitative estimate of drug-likeness (QED) is 0.540. The van der Waals surface area contributed by atoms with E-state index in [0.717, 1.165) is 5.56 Å². The summed E-state index contributed by atoms with van der Waals surface area (Å²) in [5.74, 6) is -0.406. The van der Waals surface area contributed by atoms with Gasteiger partial charge in [-0.3, -0.25) is 0 Å². The van der Waals surface area contributed by atoms with Crippen LogP contribution in [0.4, 0.5) is 4.39 Å². The molecule has 1 aromatic carbocycles. The molecular weight excluding hydrogens is 298 g/mol. The van der Waals surface area contributed by atoms with Crippen molar-refractivity contribution in [3.05, 3.63) is 33.0 Å². The Labute approximate surface area is 86.0 Å². The molecule has 0 aliphatic rings. The van der Waals surface area contributed by atoms with Crippen LogP contribution in [-0.2, 0) is 5.33 Å². The van der Waals surface area contributed by atoms with Gasteiger partial charge in [0, 0.05) is 5.33 Å². The SMILES string of the molecule is Fc1c(Cl)cc(CBr)cc1Br. The van der Waals surface area contributed by atoms with Gasteiger partial charge in [-0.05, 0) is 33.6 Å². The molecule has 0 saturated heterocycles. The maximum atomic E-state index is 12.9. The van der Waals surface area contributed by atoms with E-state index in [-0.39, 0.29) is 5.02 Å². The fourth-order valence-electron chi connectivity index (χ4n) is 0.685. The molecule has 0 atom stereocenters. The molecule has 0 saturated carbocycles. The average Bonchev–Trinajstić information content (AvgIpc) is 1.99. The molecule has 60 valence electrons. The summed E-state index contributed by atoms with van der Waals surface area (Å²) in [7, 11) is 0. The molecule has 0 nitrogen and oxygen atoms in total. The van der Waals surface area contributed by atoms with E-state index in [4.69, 9.17) is 11.6 Å². The van der Waals surface area contributed by atoms with E-state index in [9.17, 15) is 4.39 Å². The third-order valence-electron chi connectivity index (χ3n) is 1.20. The van der Waals surface area contributed by atoms with Gasteiger partial charge in [0.2, 0.25) is 0 Å². The van der Waals surface area contributed by atoms with Gasteiger partial charge in [0.1, 0.15) is 0 Å². The van der Waals surface area contributed by atoms with Gasteiger partial charge in [-0.15, -0.1) is 0 Å². The van der Waals surface area contributed by atoms with E-state index in [0.29, 0.717) is 9.80 Å². The highest BCUT2D eigenvalue weighted by molar-refractivity contribution is 9.10. The second kappa shape index (κ2) is 3.87. The lowest BCUT2D eigenvalue weighted by atomic mass is 10.2. The van der Waals surface area contributed by atoms with Crippen LogP contribution in [0.1, 0.15) is 5.56 Å². The van der Waals surface area contributed by atoms with Crippen LogP contribution in [0.2, 0.25) is 5.02 Å². The standard InChI is InChI=1S/C7H4Br2ClF/c8-3-4-1-5(9)7(11)6(10)2-4/h1-2H,3H2. The first-order valence-corrected chi connectivity index (χ1v) is 5.13. The van der Waals surface area contributed by atoms with Gasteiger partial charge in [0.15, 0.2) is 5.82 Å². The number of halogens is 4. The molecule has 1 aromatic rings. The van der Waals surface area contributed by atoms with Crippen LogP contribution in [-0.4, -0.2) is 0 Å². The minimum absolute atomic E-state index is 0.147. The summed E-state index contributed by atoms with van der Waals surface area (Å²) < 4.78 is 13.3. The second-order valence-corrected chi connectivity index (χ2v) is 3.83. The first kappa shape index (κ1) is 9.49. The zero-order valence-corrected chi connectivity index (χ0v) is 9.30. The molecule has 0 aliphatic heterocycles. The van der Waals surface area contributed by atoms with Gasteiger partial charge in [-0.1, -0.05) is 27.5 Å². The molecular formula is C7H4Br2ClF. The monoisotopic (exact) mass is 300 g/mol. The van der Waals surface area contributed by atoms with Crippen LogP contribution < -0.4 is 0 Å². The molecule has 1 rings (SSSR count). The highest BCUT2D eigenvalue weighted by Gasteiger charge is 2.05. The van der Waals surface area contributed by atoms with Crippen molar-refractivity contribution < 1.29 is 4.39 Å². The molecule has 0 spiro atoms. The van der Waals surface area contributed by atoms with Crippen molar-refractivity contribution in [2.24, 2.45) is 0 Å². The Morgan fingerprint density at radius 3 is 2.55 bits per heavy atom. The van der Waals surface area contributed by atoms with E-state index in [1.165, 1.54) is 0 Å². The van der Waals surface area contributed by atoms with Gasteiger partial charge in [-0.2, -0.15) is 0 Å². The van der Waals surface area contributed by atoms with E-state index in [1.807, 2.05) is 0 Å². The van der Waals surface area contributed by atoms with Crippen LogP contribution in [0.5, 0.6) is 0 Å². The van der Waals surface area contributed by atoms with Gasteiger partial charge in [-0.25, -0.2) is 4.39 Å². The predicted molar refractivity (Wildman–Crippen MR) is 51.7 cm³/mol. The van der Waals surface area contributed by atoms with Crippen LogP contribution >= 0.6 is 43.5 Å². The third kappa shape index (κ3) is 2.17. The number of rotatable bonds is 1. The largest absolute Gasteiger partial charge is 0.204 e. The summed E-state index contributed by atoms with van der Waals surface area (Å²) in [6.07, 6.45) is 0. The highest BCUT2D eigenvalue weighted by Crippen LogP contribution is 2.25. The first-order chi connectivity index (χ1) is 5.15.